The molecule has 3 rings (SSSR count). The average Bonchev–Trinajstić information content (AvgIpc) is 3.06. The van der Waals surface area contributed by atoms with Gasteiger partial charge in [0.05, 0.1) is 11.4 Å². The molecule has 0 radical (unpaired) electrons. The molecule has 0 fully saturated rings. The molecule has 0 aliphatic carbocycles. The van der Waals surface area contributed by atoms with Gasteiger partial charge >= 0.3 is 0 Å². The molecule has 0 saturated heterocycles. The first-order chi connectivity index (χ1) is 12.4. The van der Waals surface area contributed by atoms with Gasteiger partial charge in [-0.05, 0) is 31.9 Å². The number of nitrogens with one attached hydrogen (secondary N) is 3. The number of anilines is 1. The van der Waals surface area contributed by atoms with Crippen LogP contribution in [-0.4, -0.2) is 33.1 Å². The highest BCUT2D eigenvalue weighted by Crippen LogP contribution is 2.27. The third-order valence-electron chi connectivity index (χ3n) is 4.55. The number of carbonyl (C=O) groups is 2. The summed E-state index contributed by atoms with van der Waals surface area (Å²) in [6, 6.07) is 7.50. The first kappa shape index (κ1) is 17.7. The average molecular weight is 353 g/mol. The first-order valence-electron chi connectivity index (χ1n) is 8.54. The number of fused-ring (bicyclic) bond motifs is 1. The minimum absolute atomic E-state index is 0.217. The van der Waals surface area contributed by atoms with Gasteiger partial charge in [0.2, 0.25) is 5.91 Å². The molecule has 7 nitrogen and oxygen atoms in total. The lowest BCUT2D eigenvalue weighted by Crippen LogP contribution is -2.27. The predicted octanol–water partition coefficient (Wildman–Crippen LogP) is 2.45. The topological polar surface area (TPSA) is 91.8 Å². The molecule has 3 aromatic rings. The van der Waals surface area contributed by atoms with Crippen LogP contribution in [0.15, 0.2) is 24.3 Å². The number of para-hydroxylation sites is 1. The van der Waals surface area contributed by atoms with Crippen molar-refractivity contribution in [3.05, 3.63) is 46.9 Å². The molecule has 2 heterocycles. The summed E-state index contributed by atoms with van der Waals surface area (Å²) in [5.74, 6) is -0.463. The van der Waals surface area contributed by atoms with E-state index in [9.17, 15) is 9.59 Å². The number of aromatic nitrogens is 3. The summed E-state index contributed by atoms with van der Waals surface area (Å²) in [5.41, 5.74) is 4.90. The molecule has 0 aliphatic heterocycles. The highest BCUT2D eigenvalue weighted by molar-refractivity contribution is 6.12. The van der Waals surface area contributed by atoms with Crippen LogP contribution in [0.2, 0.25) is 0 Å². The fraction of sp³-hybridized carbons (Fsp3) is 0.316. The van der Waals surface area contributed by atoms with Gasteiger partial charge in [0.15, 0.2) is 0 Å². The quantitative estimate of drug-likeness (QED) is 0.658. The zero-order chi connectivity index (χ0) is 18.8. The Kier molecular flexibility index (Phi) is 4.79. The first-order valence-corrected chi connectivity index (χ1v) is 8.54. The Hall–Kier alpha value is -3.09. The lowest BCUT2D eigenvalue weighted by atomic mass is 10.1. The largest absolute Gasteiger partial charge is 0.350 e. The number of amides is 2. The van der Waals surface area contributed by atoms with Crippen LogP contribution in [0.1, 0.15) is 34.4 Å². The molecule has 2 amide bonds. The summed E-state index contributed by atoms with van der Waals surface area (Å²) >= 11 is 0. The van der Waals surface area contributed by atoms with E-state index in [-0.39, 0.29) is 11.8 Å². The lowest BCUT2D eigenvalue weighted by molar-refractivity contribution is -0.114. The summed E-state index contributed by atoms with van der Waals surface area (Å²) in [4.78, 5) is 27.3. The molecular formula is C19H23N5O2. The van der Waals surface area contributed by atoms with Gasteiger partial charge in [-0.15, -0.1) is 0 Å². The van der Waals surface area contributed by atoms with Crippen LogP contribution in [0.5, 0.6) is 0 Å². The second kappa shape index (κ2) is 7.03. The number of aromatic amines is 1. The van der Waals surface area contributed by atoms with Gasteiger partial charge in [-0.2, -0.15) is 5.10 Å². The maximum absolute atomic E-state index is 12.7. The Morgan fingerprint density at radius 2 is 1.96 bits per heavy atom. The summed E-state index contributed by atoms with van der Waals surface area (Å²) in [6.45, 7) is 5.90. The maximum Gasteiger partial charge on any atom is 0.269 e. The Morgan fingerprint density at radius 3 is 2.62 bits per heavy atom. The molecule has 0 aliphatic rings. The van der Waals surface area contributed by atoms with Crippen LogP contribution >= 0.6 is 0 Å². The Bertz CT molecular complexity index is 983. The fourth-order valence-corrected chi connectivity index (χ4v) is 3.19. The van der Waals surface area contributed by atoms with Gasteiger partial charge in [-0.25, -0.2) is 0 Å². The van der Waals surface area contributed by atoms with Gasteiger partial charge in [0, 0.05) is 37.1 Å². The van der Waals surface area contributed by atoms with Crippen molar-refractivity contribution in [2.75, 3.05) is 11.9 Å². The van der Waals surface area contributed by atoms with Gasteiger partial charge < -0.3 is 15.6 Å². The molecule has 0 spiro atoms. The van der Waals surface area contributed by atoms with Gasteiger partial charge in [0.25, 0.3) is 5.91 Å². The third-order valence-corrected chi connectivity index (χ3v) is 4.55. The minimum atomic E-state index is -0.246. The van der Waals surface area contributed by atoms with Crippen molar-refractivity contribution in [1.82, 2.24) is 20.1 Å². The van der Waals surface area contributed by atoms with Crippen LogP contribution in [-0.2, 0) is 18.3 Å². The number of rotatable bonds is 5. The monoisotopic (exact) mass is 353 g/mol. The zero-order valence-corrected chi connectivity index (χ0v) is 15.4. The number of aryl methyl sites for hydroxylation is 2. The van der Waals surface area contributed by atoms with E-state index in [1.54, 1.807) is 0 Å². The number of hydrogen-bond acceptors (Lipinski definition) is 3. The smallest absolute Gasteiger partial charge is 0.269 e. The van der Waals surface area contributed by atoms with E-state index >= 15 is 0 Å². The van der Waals surface area contributed by atoms with E-state index in [0.29, 0.717) is 24.3 Å². The van der Waals surface area contributed by atoms with E-state index < -0.39 is 0 Å². The van der Waals surface area contributed by atoms with Crippen LogP contribution in [0, 0.1) is 13.8 Å². The van der Waals surface area contributed by atoms with E-state index in [1.165, 1.54) is 6.92 Å². The third kappa shape index (κ3) is 3.33. The molecule has 26 heavy (non-hydrogen) atoms. The molecule has 3 N–H and O–H groups in total. The number of H-pyrrole nitrogens is 1. The summed E-state index contributed by atoms with van der Waals surface area (Å²) < 4.78 is 1.85. The number of carbonyl (C=O) groups excluding carboxylic acids is 2. The molecule has 0 saturated carbocycles. The number of nitrogens with zero attached hydrogens (tertiary/aromatic N) is 2. The molecule has 2 aromatic heterocycles. The summed E-state index contributed by atoms with van der Waals surface area (Å²) in [7, 11) is 1.91. The Morgan fingerprint density at radius 1 is 1.23 bits per heavy atom. The molecule has 0 atom stereocenters. The zero-order valence-electron chi connectivity index (χ0n) is 15.4. The number of hydrogen-bond donors (Lipinski definition) is 3. The molecule has 0 bridgehead atoms. The maximum atomic E-state index is 12.7. The lowest BCUT2D eigenvalue weighted by Gasteiger charge is -2.07. The molecule has 1 aromatic carbocycles. The fourth-order valence-electron chi connectivity index (χ4n) is 3.19. The van der Waals surface area contributed by atoms with Crippen LogP contribution in [0.3, 0.4) is 0 Å². The summed E-state index contributed by atoms with van der Waals surface area (Å²) in [6.07, 6.45) is 0.701. The highest BCUT2D eigenvalue weighted by Gasteiger charge is 2.18. The van der Waals surface area contributed by atoms with Crippen LogP contribution < -0.4 is 10.6 Å². The molecule has 136 valence electrons. The van der Waals surface area contributed by atoms with Crippen molar-refractivity contribution in [1.29, 1.82) is 0 Å². The van der Waals surface area contributed by atoms with Crippen molar-refractivity contribution >= 4 is 28.4 Å². The minimum Gasteiger partial charge on any atom is -0.350 e. The van der Waals surface area contributed by atoms with Crippen molar-refractivity contribution in [3.63, 3.8) is 0 Å². The van der Waals surface area contributed by atoms with Crippen molar-refractivity contribution in [3.8, 4) is 0 Å². The highest BCUT2D eigenvalue weighted by atomic mass is 16.2. The van der Waals surface area contributed by atoms with Gasteiger partial charge in [0.1, 0.15) is 5.69 Å². The Balaban J connectivity index is 1.78. The van der Waals surface area contributed by atoms with E-state index in [2.05, 4.69) is 20.7 Å². The van der Waals surface area contributed by atoms with Crippen LogP contribution in [0.4, 0.5) is 5.69 Å². The Labute approximate surface area is 151 Å². The van der Waals surface area contributed by atoms with E-state index in [0.717, 1.165) is 27.9 Å². The summed E-state index contributed by atoms with van der Waals surface area (Å²) in [5, 5.41) is 10.9. The predicted molar refractivity (Wildman–Crippen MR) is 101 cm³/mol. The molecular weight excluding hydrogens is 330 g/mol. The van der Waals surface area contributed by atoms with Crippen molar-refractivity contribution in [2.24, 2.45) is 7.05 Å². The standard InChI is InChI=1S/C19H23N5O2/c1-11-14(12(2)24(4)23-11)9-10-20-19(26)18-17(21-13(3)25)15-7-5-6-8-16(15)22-18/h5-8,22H,9-10H2,1-4H3,(H,20,26)(H,21,25). The van der Waals surface area contributed by atoms with Gasteiger partial charge in [-0.3, -0.25) is 14.3 Å². The molecule has 0 unspecified atom stereocenters. The second-order valence-electron chi connectivity index (χ2n) is 6.38. The number of benzene rings is 1. The van der Waals surface area contributed by atoms with Crippen molar-refractivity contribution in [2.45, 2.75) is 27.2 Å². The van der Waals surface area contributed by atoms with E-state index in [1.807, 2.05) is 49.8 Å². The SMILES string of the molecule is CC(=O)Nc1c(C(=O)NCCc2c(C)nn(C)c2C)[nH]c2ccccc12. The van der Waals surface area contributed by atoms with Gasteiger partial charge in [-0.1, -0.05) is 18.2 Å². The van der Waals surface area contributed by atoms with E-state index in [4.69, 9.17) is 0 Å². The van der Waals surface area contributed by atoms with Crippen molar-refractivity contribution < 1.29 is 9.59 Å². The second-order valence-corrected chi connectivity index (χ2v) is 6.38. The van der Waals surface area contributed by atoms with Crippen LogP contribution in [0.25, 0.3) is 10.9 Å². The molecule has 7 heteroatoms. The normalized spacial score (nSPS) is 10.9.